The Labute approximate surface area is 135 Å². The molecule has 2 amide bonds. The summed E-state index contributed by atoms with van der Waals surface area (Å²) in [7, 11) is 0. The third-order valence-electron chi connectivity index (χ3n) is 2.85. The number of hydrogen-bond donors (Lipinski definition) is 1. The van der Waals surface area contributed by atoms with Crippen molar-refractivity contribution in [3.63, 3.8) is 0 Å². The van der Waals surface area contributed by atoms with Crippen molar-refractivity contribution >= 4 is 18.0 Å². The minimum absolute atomic E-state index is 0.143. The Bertz CT molecular complexity index is 430. The van der Waals surface area contributed by atoms with Gasteiger partial charge in [-0.2, -0.15) is 0 Å². The van der Waals surface area contributed by atoms with Gasteiger partial charge in [0.2, 0.25) is 0 Å². The van der Waals surface area contributed by atoms with Crippen LogP contribution in [0.15, 0.2) is 12.2 Å². The Morgan fingerprint density at radius 3 is 2.48 bits per heavy atom. The van der Waals surface area contributed by atoms with E-state index in [0.29, 0.717) is 39.3 Å². The minimum atomic E-state index is -0.620. The second-order valence-electron chi connectivity index (χ2n) is 5.17. The molecule has 8 nitrogen and oxygen atoms in total. The fraction of sp³-hybridized carbons (Fsp3) is 0.667. The maximum Gasteiger partial charge on any atom is 0.331 e. The number of hydrogen-bond acceptors (Lipinski definition) is 6. The SMILES string of the molecule is CC(C)OC(=O)/C=C/C(=O)OCCCNC(=O)N1CCOCC1. The van der Waals surface area contributed by atoms with E-state index in [1.165, 1.54) is 0 Å². The normalized spacial score (nSPS) is 14.8. The zero-order chi connectivity index (χ0) is 17.1. The molecule has 1 heterocycles. The van der Waals surface area contributed by atoms with E-state index in [4.69, 9.17) is 14.2 Å². The van der Waals surface area contributed by atoms with Crippen molar-refractivity contribution in [3.05, 3.63) is 12.2 Å². The summed E-state index contributed by atoms with van der Waals surface area (Å²) in [5.74, 6) is -1.21. The van der Waals surface area contributed by atoms with Gasteiger partial charge in [0.1, 0.15) is 0 Å². The van der Waals surface area contributed by atoms with E-state index in [9.17, 15) is 14.4 Å². The Kier molecular flexibility index (Phi) is 8.74. The van der Waals surface area contributed by atoms with Crippen LogP contribution in [0.3, 0.4) is 0 Å². The summed E-state index contributed by atoms with van der Waals surface area (Å²) in [5.41, 5.74) is 0. The van der Waals surface area contributed by atoms with Gasteiger partial charge in [0.05, 0.1) is 25.9 Å². The van der Waals surface area contributed by atoms with Gasteiger partial charge < -0.3 is 24.4 Å². The number of nitrogens with one attached hydrogen (secondary N) is 1. The molecule has 1 aliphatic rings. The fourth-order valence-electron chi connectivity index (χ4n) is 1.77. The molecular formula is C15H24N2O6. The predicted octanol–water partition coefficient (Wildman–Crippen LogP) is 0.469. The zero-order valence-corrected chi connectivity index (χ0v) is 13.6. The van der Waals surface area contributed by atoms with Gasteiger partial charge in [-0.25, -0.2) is 14.4 Å². The molecule has 0 atom stereocenters. The first-order valence-corrected chi connectivity index (χ1v) is 7.65. The summed E-state index contributed by atoms with van der Waals surface area (Å²) in [6.45, 7) is 6.27. The highest BCUT2D eigenvalue weighted by Crippen LogP contribution is 1.97. The van der Waals surface area contributed by atoms with Gasteiger partial charge in [-0.15, -0.1) is 0 Å². The number of ether oxygens (including phenoxy) is 3. The second-order valence-corrected chi connectivity index (χ2v) is 5.17. The van der Waals surface area contributed by atoms with Crippen LogP contribution in [0.1, 0.15) is 20.3 Å². The number of amides is 2. The molecule has 1 saturated heterocycles. The van der Waals surface area contributed by atoms with Crippen molar-refractivity contribution < 1.29 is 28.6 Å². The van der Waals surface area contributed by atoms with Crippen LogP contribution in [0.25, 0.3) is 0 Å². The quantitative estimate of drug-likeness (QED) is 0.415. The van der Waals surface area contributed by atoms with Crippen LogP contribution >= 0.6 is 0 Å². The molecule has 1 rings (SSSR count). The molecule has 0 aromatic heterocycles. The van der Waals surface area contributed by atoms with Crippen LogP contribution in [0.4, 0.5) is 4.79 Å². The van der Waals surface area contributed by atoms with Crippen molar-refractivity contribution in [2.24, 2.45) is 0 Å². The van der Waals surface area contributed by atoms with Gasteiger partial charge in [-0.05, 0) is 20.3 Å². The first kappa shape index (κ1) is 19.0. The lowest BCUT2D eigenvalue weighted by Gasteiger charge is -2.26. The molecule has 1 fully saturated rings. The van der Waals surface area contributed by atoms with E-state index < -0.39 is 11.9 Å². The molecule has 0 unspecified atom stereocenters. The molecule has 23 heavy (non-hydrogen) atoms. The van der Waals surface area contributed by atoms with E-state index in [1.807, 2.05) is 0 Å². The van der Waals surface area contributed by atoms with E-state index in [0.717, 1.165) is 12.2 Å². The van der Waals surface area contributed by atoms with Crippen LogP contribution in [-0.4, -0.2) is 68.4 Å². The van der Waals surface area contributed by atoms with E-state index in [2.05, 4.69) is 5.32 Å². The van der Waals surface area contributed by atoms with Crippen LogP contribution in [0.5, 0.6) is 0 Å². The number of esters is 2. The van der Waals surface area contributed by atoms with Gasteiger partial charge >= 0.3 is 18.0 Å². The Hall–Kier alpha value is -2.09. The summed E-state index contributed by atoms with van der Waals surface area (Å²) >= 11 is 0. The Balaban J connectivity index is 2.07. The maximum atomic E-state index is 11.7. The summed E-state index contributed by atoms with van der Waals surface area (Å²) < 4.78 is 14.9. The number of morpholine rings is 1. The van der Waals surface area contributed by atoms with Crippen LogP contribution in [0.2, 0.25) is 0 Å². The van der Waals surface area contributed by atoms with Crippen molar-refractivity contribution in [1.29, 1.82) is 0 Å². The van der Waals surface area contributed by atoms with Crippen molar-refractivity contribution in [2.45, 2.75) is 26.4 Å². The number of carbonyl (C=O) groups is 3. The molecule has 0 aliphatic carbocycles. The lowest BCUT2D eigenvalue weighted by atomic mass is 10.4. The number of nitrogens with zero attached hydrogens (tertiary/aromatic N) is 1. The summed E-state index contributed by atoms with van der Waals surface area (Å²) in [5, 5.41) is 2.75. The molecule has 8 heteroatoms. The largest absolute Gasteiger partial charge is 0.462 e. The van der Waals surface area contributed by atoms with Crippen molar-refractivity contribution in [3.8, 4) is 0 Å². The molecule has 0 spiro atoms. The van der Waals surface area contributed by atoms with Gasteiger partial charge in [0.25, 0.3) is 0 Å². The summed E-state index contributed by atoms with van der Waals surface area (Å²) in [6.07, 6.45) is 2.31. The maximum absolute atomic E-state index is 11.7. The van der Waals surface area contributed by atoms with E-state index >= 15 is 0 Å². The van der Waals surface area contributed by atoms with Gasteiger partial charge in [0.15, 0.2) is 0 Å². The predicted molar refractivity (Wildman–Crippen MR) is 81.7 cm³/mol. The molecule has 0 aromatic carbocycles. The summed E-state index contributed by atoms with van der Waals surface area (Å²) in [4.78, 5) is 36.0. The van der Waals surface area contributed by atoms with Crippen molar-refractivity contribution in [2.75, 3.05) is 39.5 Å². The highest BCUT2D eigenvalue weighted by atomic mass is 16.5. The van der Waals surface area contributed by atoms with Gasteiger partial charge in [-0.1, -0.05) is 0 Å². The molecule has 0 radical (unpaired) electrons. The minimum Gasteiger partial charge on any atom is -0.462 e. The number of rotatable bonds is 7. The molecule has 1 N–H and O–H groups in total. The van der Waals surface area contributed by atoms with Crippen LogP contribution in [-0.2, 0) is 23.8 Å². The third-order valence-corrected chi connectivity index (χ3v) is 2.85. The Morgan fingerprint density at radius 2 is 1.83 bits per heavy atom. The lowest BCUT2D eigenvalue weighted by Crippen LogP contribution is -2.46. The van der Waals surface area contributed by atoms with Gasteiger partial charge in [0, 0.05) is 31.8 Å². The zero-order valence-electron chi connectivity index (χ0n) is 13.6. The summed E-state index contributed by atoms with van der Waals surface area (Å²) in [6, 6.07) is -0.143. The van der Waals surface area contributed by atoms with Crippen LogP contribution < -0.4 is 5.32 Å². The van der Waals surface area contributed by atoms with Crippen LogP contribution in [0, 0.1) is 0 Å². The average Bonchev–Trinajstić information content (AvgIpc) is 2.52. The first-order chi connectivity index (χ1) is 11.0. The number of urea groups is 1. The number of carbonyl (C=O) groups excluding carboxylic acids is 3. The fourth-order valence-corrected chi connectivity index (χ4v) is 1.77. The highest BCUT2D eigenvalue weighted by molar-refractivity contribution is 5.91. The molecule has 0 saturated carbocycles. The Morgan fingerprint density at radius 1 is 1.17 bits per heavy atom. The van der Waals surface area contributed by atoms with Crippen molar-refractivity contribution in [1.82, 2.24) is 10.2 Å². The molecule has 0 bridgehead atoms. The first-order valence-electron chi connectivity index (χ1n) is 7.65. The lowest BCUT2D eigenvalue weighted by molar-refractivity contribution is -0.142. The third kappa shape index (κ3) is 8.82. The van der Waals surface area contributed by atoms with E-state index in [-0.39, 0.29) is 18.7 Å². The van der Waals surface area contributed by atoms with E-state index in [1.54, 1.807) is 18.7 Å². The molecule has 1 aliphatic heterocycles. The average molecular weight is 328 g/mol. The monoisotopic (exact) mass is 328 g/mol. The smallest absolute Gasteiger partial charge is 0.331 e. The topological polar surface area (TPSA) is 94.2 Å². The standard InChI is InChI=1S/C15H24N2O6/c1-12(2)23-14(19)5-4-13(18)22-9-3-6-16-15(20)17-7-10-21-11-8-17/h4-5,12H,3,6-11H2,1-2H3,(H,16,20)/b5-4+. The highest BCUT2D eigenvalue weighted by Gasteiger charge is 2.15. The molecule has 0 aromatic rings. The van der Waals surface area contributed by atoms with Gasteiger partial charge in [-0.3, -0.25) is 0 Å². The molecule has 130 valence electrons. The second kappa shape index (κ2) is 10.6. The molecular weight excluding hydrogens is 304 g/mol.